The van der Waals surface area contributed by atoms with Crippen molar-refractivity contribution in [2.45, 2.75) is 25.8 Å². The fourth-order valence-corrected chi connectivity index (χ4v) is 4.23. The van der Waals surface area contributed by atoms with E-state index >= 15 is 0 Å². The first-order valence-electron chi connectivity index (χ1n) is 9.33. The van der Waals surface area contributed by atoms with Crippen LogP contribution in [-0.2, 0) is 19.4 Å². The second-order valence-corrected chi connectivity index (χ2v) is 7.99. The number of aromatic nitrogens is 2. The molecule has 0 bridgehead atoms. The summed E-state index contributed by atoms with van der Waals surface area (Å²) in [6, 6.07) is 15.5. The van der Waals surface area contributed by atoms with E-state index in [9.17, 15) is 14.5 Å². The number of halogens is 2. The van der Waals surface area contributed by atoms with Gasteiger partial charge in [0.25, 0.3) is 5.69 Å². The zero-order valence-corrected chi connectivity index (χ0v) is 18.4. The van der Waals surface area contributed by atoms with Gasteiger partial charge in [0, 0.05) is 29.8 Å². The lowest BCUT2D eigenvalue weighted by molar-refractivity contribution is -0.688. The minimum Gasteiger partial charge on any atom is -1.00 e. The van der Waals surface area contributed by atoms with Gasteiger partial charge in [0.15, 0.2) is 18.9 Å². The lowest BCUT2D eigenvalue weighted by Crippen LogP contribution is -3.00. The summed E-state index contributed by atoms with van der Waals surface area (Å²) in [7, 11) is 0. The molecule has 4 rings (SSSR count). The number of hydrogen-bond donors (Lipinski definition) is 0. The Bertz CT molecular complexity index is 1150. The maximum Gasteiger partial charge on any atom is 0.270 e. The molecular weight excluding hydrogens is 469 g/mol. The Labute approximate surface area is 187 Å². The molecule has 5 nitrogen and oxygen atoms in total. The van der Waals surface area contributed by atoms with Crippen LogP contribution >= 0.6 is 11.3 Å². The fraction of sp³-hybridized carbons (Fsp3) is 0.182. The van der Waals surface area contributed by atoms with Crippen molar-refractivity contribution < 1.29 is 30.9 Å². The van der Waals surface area contributed by atoms with Crippen LogP contribution in [0, 0.1) is 15.9 Å². The lowest BCUT2D eigenvalue weighted by Gasteiger charge is -2.01. The molecule has 0 aliphatic carbocycles. The van der Waals surface area contributed by atoms with Crippen LogP contribution < -0.4 is 21.5 Å². The number of aryl methyl sites for hydroxylation is 2. The number of nitrogens with zero attached hydrogens (tertiary/aromatic N) is 3. The molecule has 0 radical (unpaired) electrons. The molecule has 0 aliphatic rings. The summed E-state index contributed by atoms with van der Waals surface area (Å²) in [6.45, 7) is 0.707. The van der Waals surface area contributed by atoms with E-state index in [2.05, 4.69) is 21.7 Å². The zero-order valence-electron chi connectivity index (χ0n) is 16.0. The summed E-state index contributed by atoms with van der Waals surface area (Å²) in [6.07, 6.45) is 6.82. The van der Waals surface area contributed by atoms with Gasteiger partial charge in [-0.2, -0.15) is 0 Å². The van der Waals surface area contributed by atoms with Crippen molar-refractivity contribution in [3.63, 3.8) is 0 Å². The predicted molar refractivity (Wildman–Crippen MR) is 110 cm³/mol. The lowest BCUT2D eigenvalue weighted by atomic mass is 10.1. The molecule has 8 heteroatoms. The maximum absolute atomic E-state index is 13.0. The normalized spacial score (nSPS) is 10.7. The van der Waals surface area contributed by atoms with Gasteiger partial charge in [-0.25, -0.2) is 13.9 Å². The van der Waals surface area contributed by atoms with Gasteiger partial charge in [0.05, 0.1) is 20.1 Å². The highest BCUT2D eigenvalue weighted by atomic mass is 79.9. The average molecular weight is 488 g/mol. The van der Waals surface area contributed by atoms with Crippen molar-refractivity contribution >= 4 is 27.2 Å². The predicted octanol–water partition coefficient (Wildman–Crippen LogP) is 1.86. The van der Waals surface area contributed by atoms with Crippen LogP contribution in [0.5, 0.6) is 0 Å². The van der Waals surface area contributed by atoms with Crippen LogP contribution in [-0.4, -0.2) is 9.91 Å². The van der Waals surface area contributed by atoms with Crippen molar-refractivity contribution in [2.75, 3.05) is 0 Å². The molecule has 2 heterocycles. The number of fused-ring (bicyclic) bond motifs is 1. The smallest absolute Gasteiger partial charge is 0.270 e. The number of hydrogen-bond acceptors (Lipinski definition) is 4. The summed E-state index contributed by atoms with van der Waals surface area (Å²) in [5, 5.41) is 11.9. The molecule has 0 amide bonds. The van der Waals surface area contributed by atoms with Gasteiger partial charge in [0.2, 0.25) is 0 Å². The van der Waals surface area contributed by atoms with Crippen molar-refractivity contribution in [3.8, 4) is 0 Å². The molecule has 0 saturated carbocycles. The van der Waals surface area contributed by atoms with Crippen LogP contribution in [0.4, 0.5) is 10.1 Å². The van der Waals surface area contributed by atoms with Crippen LogP contribution in [0.15, 0.2) is 67.0 Å². The number of pyridine rings is 1. The first kappa shape index (κ1) is 22.0. The number of nitro benzene ring substituents is 1. The summed E-state index contributed by atoms with van der Waals surface area (Å²) in [4.78, 5) is 15.1. The van der Waals surface area contributed by atoms with Gasteiger partial charge in [-0.3, -0.25) is 10.1 Å². The quantitative estimate of drug-likeness (QED) is 0.227. The largest absolute Gasteiger partial charge is 1.00 e. The Morgan fingerprint density at radius 1 is 1.00 bits per heavy atom. The van der Waals surface area contributed by atoms with Crippen LogP contribution in [0.25, 0.3) is 10.2 Å². The van der Waals surface area contributed by atoms with E-state index in [0.29, 0.717) is 6.54 Å². The summed E-state index contributed by atoms with van der Waals surface area (Å²) in [5.41, 5.74) is 3.22. The fourth-order valence-electron chi connectivity index (χ4n) is 3.19. The topological polar surface area (TPSA) is 59.9 Å². The number of non-ortho nitro benzene ring substituents is 1. The minimum absolute atomic E-state index is 0. The van der Waals surface area contributed by atoms with Gasteiger partial charge < -0.3 is 17.0 Å². The standard InChI is InChI=1S/C22H19FN3O2S.BrH/c23-18-6-4-17(5-7-18)15-25-12-10-16(11-13-25)2-1-3-22-24-20-9-8-19(26(27)28)14-21(20)29-22;/h4-14H,1-3,15H2;1H/q+1;/p-1. The van der Waals surface area contributed by atoms with E-state index in [0.717, 1.165) is 40.1 Å². The highest BCUT2D eigenvalue weighted by Crippen LogP contribution is 2.27. The molecule has 0 atom stereocenters. The first-order chi connectivity index (χ1) is 14.1. The van der Waals surface area contributed by atoms with Gasteiger partial charge in [-0.05, 0) is 55.2 Å². The molecule has 2 aromatic heterocycles. The molecule has 0 aliphatic heterocycles. The van der Waals surface area contributed by atoms with Gasteiger partial charge in [-0.15, -0.1) is 11.3 Å². The Balaban J connectivity index is 0.00000256. The third-order valence-corrected chi connectivity index (χ3v) is 5.80. The van der Waals surface area contributed by atoms with E-state index in [1.54, 1.807) is 24.3 Å². The highest BCUT2D eigenvalue weighted by Gasteiger charge is 2.10. The highest BCUT2D eigenvalue weighted by molar-refractivity contribution is 7.18. The second kappa shape index (κ2) is 9.86. The average Bonchev–Trinajstić information content (AvgIpc) is 3.13. The van der Waals surface area contributed by atoms with E-state index in [-0.39, 0.29) is 33.4 Å². The Kier molecular flexibility index (Phi) is 7.23. The van der Waals surface area contributed by atoms with Crippen LogP contribution in [0.2, 0.25) is 0 Å². The number of rotatable bonds is 7. The Hall–Kier alpha value is -2.71. The van der Waals surface area contributed by atoms with Gasteiger partial charge >= 0.3 is 0 Å². The van der Waals surface area contributed by atoms with Gasteiger partial charge in [0.1, 0.15) is 5.82 Å². The first-order valence-corrected chi connectivity index (χ1v) is 10.1. The summed E-state index contributed by atoms with van der Waals surface area (Å²) >= 11 is 1.52. The molecular formula is C22H19BrFN3O2S. The second-order valence-electron chi connectivity index (χ2n) is 6.88. The van der Waals surface area contributed by atoms with Crippen molar-refractivity contribution in [2.24, 2.45) is 0 Å². The third kappa shape index (κ3) is 5.46. The van der Waals surface area contributed by atoms with Crippen molar-refractivity contribution in [3.05, 3.63) is 99.1 Å². The van der Waals surface area contributed by atoms with E-state index in [1.165, 1.54) is 35.1 Å². The molecule has 30 heavy (non-hydrogen) atoms. The molecule has 0 unspecified atom stereocenters. The summed E-state index contributed by atoms with van der Waals surface area (Å²) < 4.78 is 15.9. The monoisotopic (exact) mass is 487 g/mol. The van der Waals surface area contributed by atoms with Crippen LogP contribution in [0.1, 0.15) is 22.6 Å². The SMILES string of the molecule is O=[N+]([O-])c1ccc2nc(CCCc3cc[n+](Cc4ccc(F)cc4)cc3)sc2c1.[Br-]. The number of thiazole rings is 1. The maximum atomic E-state index is 13.0. The molecule has 0 fully saturated rings. The van der Waals surface area contributed by atoms with Crippen LogP contribution in [0.3, 0.4) is 0 Å². The molecule has 0 spiro atoms. The number of benzene rings is 2. The van der Waals surface area contributed by atoms with Crippen molar-refractivity contribution in [1.82, 2.24) is 4.98 Å². The Morgan fingerprint density at radius 2 is 1.73 bits per heavy atom. The van der Waals surface area contributed by atoms with Crippen molar-refractivity contribution in [1.29, 1.82) is 0 Å². The minimum atomic E-state index is -0.378. The Morgan fingerprint density at radius 3 is 2.43 bits per heavy atom. The summed E-state index contributed by atoms with van der Waals surface area (Å²) in [5.74, 6) is -0.222. The molecule has 0 saturated heterocycles. The van der Waals surface area contributed by atoms with Gasteiger partial charge in [-0.1, -0.05) is 0 Å². The van der Waals surface area contributed by atoms with E-state index in [4.69, 9.17) is 0 Å². The number of nitro groups is 1. The molecule has 2 aromatic carbocycles. The molecule has 0 N–H and O–H groups in total. The van der Waals surface area contributed by atoms with E-state index in [1.807, 2.05) is 12.4 Å². The zero-order chi connectivity index (χ0) is 20.2. The third-order valence-electron chi connectivity index (χ3n) is 4.72. The molecule has 4 aromatic rings. The molecule has 154 valence electrons. The van der Waals surface area contributed by atoms with E-state index < -0.39 is 0 Å².